The quantitative estimate of drug-likeness (QED) is 0.262. The first-order valence-corrected chi connectivity index (χ1v) is 12.2. The number of rotatable bonds is 6. The summed E-state index contributed by atoms with van der Waals surface area (Å²) in [5, 5.41) is 10.8. The van der Waals surface area contributed by atoms with Crippen LogP contribution in [0.5, 0.6) is 0 Å². The molecule has 1 N–H and O–H groups in total. The average molecular weight is 504 g/mol. The summed E-state index contributed by atoms with van der Waals surface area (Å²) in [7, 11) is 0. The second-order valence-corrected chi connectivity index (χ2v) is 9.39. The van der Waals surface area contributed by atoms with Crippen LogP contribution in [-0.4, -0.2) is 15.7 Å². The molecule has 0 radical (unpaired) electrons. The molecule has 0 aliphatic rings. The Hall–Kier alpha value is -3.38. The van der Waals surface area contributed by atoms with E-state index in [2.05, 4.69) is 5.32 Å². The SMILES string of the molecule is O=C(NC(c1ccccc1)c1ccccc1)c1cc(-c2cccs2)nn1-c1ccc(Cl)c(Cl)c1. The highest BCUT2D eigenvalue weighted by Gasteiger charge is 2.23. The van der Waals surface area contributed by atoms with Gasteiger partial charge >= 0.3 is 0 Å². The van der Waals surface area contributed by atoms with Gasteiger partial charge in [-0.3, -0.25) is 4.79 Å². The second kappa shape index (κ2) is 9.85. The largest absolute Gasteiger partial charge is 0.340 e. The standard InChI is InChI=1S/C27H19Cl2N3OS/c28-21-14-13-20(16-22(21)29)32-24(17-23(31-32)25-12-7-15-34-25)27(33)30-26(18-8-3-1-4-9-18)19-10-5-2-6-11-19/h1-17,26H,(H,30,33). The number of nitrogens with zero attached hydrogens (tertiary/aromatic N) is 2. The molecule has 0 atom stereocenters. The number of benzene rings is 3. The van der Waals surface area contributed by atoms with Crippen molar-refractivity contribution in [2.24, 2.45) is 0 Å². The van der Waals surface area contributed by atoms with E-state index in [0.717, 1.165) is 16.0 Å². The van der Waals surface area contributed by atoms with Crippen molar-refractivity contribution in [2.45, 2.75) is 6.04 Å². The first kappa shape index (κ1) is 22.4. The second-order valence-electron chi connectivity index (χ2n) is 7.63. The summed E-state index contributed by atoms with van der Waals surface area (Å²) in [6.45, 7) is 0. The minimum atomic E-state index is -0.322. The highest BCUT2D eigenvalue weighted by atomic mass is 35.5. The van der Waals surface area contributed by atoms with Crippen LogP contribution in [-0.2, 0) is 0 Å². The monoisotopic (exact) mass is 503 g/mol. The van der Waals surface area contributed by atoms with Crippen molar-refractivity contribution < 1.29 is 4.79 Å². The van der Waals surface area contributed by atoms with Crippen LogP contribution in [0.15, 0.2) is 102 Å². The average Bonchev–Trinajstić information content (AvgIpc) is 3.56. The van der Waals surface area contributed by atoms with Gasteiger partial charge in [0, 0.05) is 0 Å². The maximum Gasteiger partial charge on any atom is 0.270 e. The van der Waals surface area contributed by atoms with Gasteiger partial charge in [0.1, 0.15) is 11.4 Å². The van der Waals surface area contributed by atoms with E-state index in [0.29, 0.717) is 27.1 Å². The molecule has 0 aliphatic heterocycles. The molecule has 0 unspecified atom stereocenters. The van der Waals surface area contributed by atoms with Crippen LogP contribution in [0, 0.1) is 0 Å². The van der Waals surface area contributed by atoms with Gasteiger partial charge in [-0.25, -0.2) is 4.68 Å². The van der Waals surface area contributed by atoms with Gasteiger partial charge in [-0.2, -0.15) is 5.10 Å². The van der Waals surface area contributed by atoms with Gasteiger partial charge in [-0.05, 0) is 46.8 Å². The molecule has 4 nitrogen and oxygen atoms in total. The van der Waals surface area contributed by atoms with E-state index in [1.165, 1.54) is 0 Å². The lowest BCUT2D eigenvalue weighted by Gasteiger charge is -2.20. The first-order valence-electron chi connectivity index (χ1n) is 10.6. The molecule has 5 rings (SSSR count). The number of amides is 1. The fourth-order valence-electron chi connectivity index (χ4n) is 3.76. The van der Waals surface area contributed by atoms with Gasteiger partial charge in [0.15, 0.2) is 0 Å². The summed E-state index contributed by atoms with van der Waals surface area (Å²) in [5.74, 6) is -0.251. The third-order valence-corrected chi connectivity index (χ3v) is 7.04. The Morgan fingerprint density at radius 3 is 2.09 bits per heavy atom. The lowest BCUT2D eigenvalue weighted by atomic mass is 9.98. The molecular weight excluding hydrogens is 485 g/mol. The minimum Gasteiger partial charge on any atom is -0.340 e. The number of carbonyl (C=O) groups excluding carboxylic acids is 1. The van der Waals surface area contributed by atoms with Crippen LogP contribution in [0.3, 0.4) is 0 Å². The summed E-state index contributed by atoms with van der Waals surface area (Å²) < 4.78 is 1.61. The number of aromatic nitrogens is 2. The Morgan fingerprint density at radius 1 is 0.824 bits per heavy atom. The van der Waals surface area contributed by atoms with Crippen molar-refractivity contribution in [3.63, 3.8) is 0 Å². The van der Waals surface area contributed by atoms with E-state index in [1.54, 1.807) is 40.3 Å². The molecular formula is C27H19Cl2N3OS. The van der Waals surface area contributed by atoms with E-state index >= 15 is 0 Å². The smallest absolute Gasteiger partial charge is 0.270 e. The van der Waals surface area contributed by atoms with Gasteiger partial charge in [0.05, 0.1) is 26.7 Å². The predicted octanol–water partition coefficient (Wildman–Crippen LogP) is 7.43. The van der Waals surface area contributed by atoms with Gasteiger partial charge in [0.2, 0.25) is 0 Å². The van der Waals surface area contributed by atoms with Crippen molar-refractivity contribution in [3.05, 3.63) is 129 Å². The Balaban J connectivity index is 1.57. The van der Waals surface area contributed by atoms with Crippen LogP contribution in [0.2, 0.25) is 10.0 Å². The molecule has 0 aliphatic carbocycles. The fraction of sp³-hybridized carbons (Fsp3) is 0.0370. The minimum absolute atomic E-state index is 0.251. The van der Waals surface area contributed by atoms with E-state index in [-0.39, 0.29) is 11.9 Å². The molecule has 3 aromatic carbocycles. The van der Waals surface area contributed by atoms with Crippen LogP contribution in [0.4, 0.5) is 0 Å². The maximum absolute atomic E-state index is 13.7. The Labute approximate surface area is 211 Å². The zero-order chi connectivity index (χ0) is 23.5. The summed E-state index contributed by atoms with van der Waals surface area (Å²) in [5.41, 5.74) is 3.74. The molecule has 2 heterocycles. The number of nitrogens with one attached hydrogen (secondary N) is 1. The molecule has 0 bridgehead atoms. The van der Waals surface area contributed by atoms with E-state index in [4.69, 9.17) is 28.3 Å². The molecule has 7 heteroatoms. The topological polar surface area (TPSA) is 46.9 Å². The van der Waals surface area contributed by atoms with E-state index in [9.17, 15) is 4.79 Å². The van der Waals surface area contributed by atoms with Crippen molar-refractivity contribution in [3.8, 4) is 16.3 Å². The van der Waals surface area contributed by atoms with Gasteiger partial charge in [-0.15, -0.1) is 11.3 Å². The Bertz CT molecular complexity index is 1380. The fourth-order valence-corrected chi connectivity index (χ4v) is 4.73. The van der Waals surface area contributed by atoms with Crippen LogP contribution < -0.4 is 5.32 Å². The molecule has 5 aromatic rings. The molecule has 0 saturated heterocycles. The molecule has 0 spiro atoms. The highest BCUT2D eigenvalue weighted by molar-refractivity contribution is 7.13. The van der Waals surface area contributed by atoms with E-state index < -0.39 is 0 Å². The lowest BCUT2D eigenvalue weighted by Crippen LogP contribution is -2.31. The van der Waals surface area contributed by atoms with Gasteiger partial charge < -0.3 is 5.32 Å². The van der Waals surface area contributed by atoms with Crippen molar-refractivity contribution in [1.29, 1.82) is 0 Å². The van der Waals surface area contributed by atoms with Crippen LogP contribution in [0.1, 0.15) is 27.7 Å². The molecule has 1 amide bonds. The van der Waals surface area contributed by atoms with Crippen molar-refractivity contribution in [2.75, 3.05) is 0 Å². The molecule has 168 valence electrons. The number of halogens is 2. The first-order chi connectivity index (χ1) is 16.6. The van der Waals surface area contributed by atoms with Crippen LogP contribution in [0.25, 0.3) is 16.3 Å². The molecule has 34 heavy (non-hydrogen) atoms. The lowest BCUT2D eigenvalue weighted by molar-refractivity contribution is 0.0935. The van der Waals surface area contributed by atoms with Crippen molar-refractivity contribution >= 4 is 40.4 Å². The van der Waals surface area contributed by atoms with E-state index in [1.807, 2.05) is 78.2 Å². The Morgan fingerprint density at radius 2 is 1.50 bits per heavy atom. The molecule has 0 fully saturated rings. The number of hydrogen-bond donors (Lipinski definition) is 1. The number of thiophene rings is 1. The summed E-state index contributed by atoms with van der Waals surface area (Å²) in [6, 6.07) is 30.4. The van der Waals surface area contributed by atoms with Gasteiger partial charge in [-0.1, -0.05) is 89.9 Å². The van der Waals surface area contributed by atoms with Gasteiger partial charge in [0.25, 0.3) is 5.91 Å². The summed E-state index contributed by atoms with van der Waals surface area (Å²) in [4.78, 5) is 14.7. The Kier molecular flexibility index (Phi) is 6.50. The third kappa shape index (κ3) is 4.64. The predicted molar refractivity (Wildman–Crippen MR) is 139 cm³/mol. The normalized spacial score (nSPS) is 11.0. The van der Waals surface area contributed by atoms with Crippen LogP contribution >= 0.6 is 34.5 Å². The summed E-state index contributed by atoms with van der Waals surface area (Å²) >= 11 is 14.0. The zero-order valence-electron chi connectivity index (χ0n) is 17.9. The van der Waals surface area contributed by atoms with Crippen molar-refractivity contribution in [1.82, 2.24) is 15.1 Å². The molecule has 2 aromatic heterocycles. The highest BCUT2D eigenvalue weighted by Crippen LogP contribution is 2.29. The number of carbonyl (C=O) groups is 1. The zero-order valence-corrected chi connectivity index (χ0v) is 20.2. The summed E-state index contributed by atoms with van der Waals surface area (Å²) in [6.07, 6.45) is 0. The maximum atomic E-state index is 13.7. The molecule has 0 saturated carbocycles. The third-order valence-electron chi connectivity index (χ3n) is 5.40. The number of hydrogen-bond acceptors (Lipinski definition) is 3.